The lowest BCUT2D eigenvalue weighted by atomic mass is 9.50. The maximum Gasteiger partial charge on any atom is 0.310 e. The average Bonchev–Trinajstić information content (AvgIpc) is 3.23. The second-order valence-corrected chi connectivity index (χ2v) is 11.3. The number of hydrogen-bond acceptors (Lipinski definition) is 6. The second kappa shape index (κ2) is 10.4. The van der Waals surface area contributed by atoms with E-state index in [2.05, 4.69) is 24.9 Å². The molecule has 1 spiro atoms. The standard InChI is InChI=1S/C30H43NO5/c1-4-5-6-7-8-9-10-11-12-13-25(32)35-23-16-17-30(33)24-20-21-14-15-22(34-3)27-26(21)29(30,28(23)36-27)18-19-31(24)2/h14-16,24,28,33H,4-13,17-20H2,1-3H3/t24-,28?,29+,30-/m1/s1. The molecule has 1 unspecified atom stereocenters. The highest BCUT2D eigenvalue weighted by Crippen LogP contribution is 2.65. The third-order valence-corrected chi connectivity index (χ3v) is 9.27. The first kappa shape index (κ1) is 25.6. The van der Waals surface area contributed by atoms with Crippen molar-refractivity contribution >= 4 is 5.97 Å². The van der Waals surface area contributed by atoms with Crippen molar-refractivity contribution in [3.8, 4) is 11.5 Å². The van der Waals surface area contributed by atoms with Gasteiger partial charge in [-0.1, -0.05) is 64.4 Å². The smallest absolute Gasteiger partial charge is 0.310 e. The molecule has 0 saturated carbocycles. The number of rotatable bonds is 12. The molecule has 1 aromatic carbocycles. The van der Waals surface area contributed by atoms with Gasteiger partial charge in [0.05, 0.1) is 18.1 Å². The summed E-state index contributed by atoms with van der Waals surface area (Å²) in [6.45, 7) is 3.11. The van der Waals surface area contributed by atoms with Gasteiger partial charge < -0.3 is 24.2 Å². The highest BCUT2D eigenvalue weighted by molar-refractivity contribution is 5.72. The van der Waals surface area contributed by atoms with Gasteiger partial charge in [-0.2, -0.15) is 0 Å². The molecular weight excluding hydrogens is 454 g/mol. The van der Waals surface area contributed by atoms with Crippen LogP contribution in [0.5, 0.6) is 11.5 Å². The van der Waals surface area contributed by atoms with Crippen LogP contribution in [0.25, 0.3) is 0 Å². The van der Waals surface area contributed by atoms with Gasteiger partial charge in [0.15, 0.2) is 17.6 Å². The number of ether oxygens (including phenoxy) is 3. The summed E-state index contributed by atoms with van der Waals surface area (Å²) in [5.74, 6) is 1.76. The topological polar surface area (TPSA) is 68.2 Å². The minimum atomic E-state index is -0.970. The molecular formula is C30H43NO5. The van der Waals surface area contributed by atoms with Gasteiger partial charge in [-0.15, -0.1) is 0 Å². The van der Waals surface area contributed by atoms with Crippen molar-refractivity contribution in [1.82, 2.24) is 4.90 Å². The van der Waals surface area contributed by atoms with Gasteiger partial charge in [0.25, 0.3) is 0 Å². The molecule has 2 aliphatic carbocycles. The summed E-state index contributed by atoms with van der Waals surface area (Å²) in [4.78, 5) is 15.1. The Morgan fingerprint density at radius 1 is 1.14 bits per heavy atom. The van der Waals surface area contributed by atoms with E-state index in [0.717, 1.165) is 37.8 Å². The van der Waals surface area contributed by atoms with Crippen molar-refractivity contribution in [1.29, 1.82) is 0 Å². The summed E-state index contributed by atoms with van der Waals surface area (Å²) >= 11 is 0. The monoisotopic (exact) mass is 497 g/mol. The molecule has 5 rings (SSSR count). The van der Waals surface area contributed by atoms with Crippen LogP contribution < -0.4 is 9.47 Å². The molecule has 0 radical (unpaired) electrons. The lowest BCUT2D eigenvalue weighted by Crippen LogP contribution is -2.74. The minimum Gasteiger partial charge on any atom is -0.493 e. The molecule has 198 valence electrons. The number of esters is 1. The number of carbonyl (C=O) groups is 1. The van der Waals surface area contributed by atoms with E-state index < -0.39 is 17.1 Å². The number of carbonyl (C=O) groups excluding carboxylic acids is 1. The summed E-state index contributed by atoms with van der Waals surface area (Å²) in [5.41, 5.74) is 0.683. The Kier molecular flexibility index (Phi) is 7.37. The molecule has 1 aromatic rings. The molecule has 1 fully saturated rings. The molecule has 0 amide bonds. The summed E-state index contributed by atoms with van der Waals surface area (Å²) in [7, 11) is 3.75. The van der Waals surface area contributed by atoms with Gasteiger partial charge in [0.2, 0.25) is 0 Å². The Hall–Kier alpha value is -2.05. The van der Waals surface area contributed by atoms with Crippen LogP contribution in [0.1, 0.15) is 95.1 Å². The Labute approximate surface area is 216 Å². The molecule has 6 heteroatoms. The number of benzene rings is 1. The molecule has 1 N–H and O–H groups in total. The van der Waals surface area contributed by atoms with E-state index >= 15 is 0 Å². The van der Waals surface area contributed by atoms with Crippen LogP contribution in [0.15, 0.2) is 24.0 Å². The fourth-order valence-electron chi connectivity index (χ4n) is 7.35. The first-order chi connectivity index (χ1) is 17.5. The first-order valence-electron chi connectivity index (χ1n) is 14.2. The number of nitrogens with zero attached hydrogens (tertiary/aromatic N) is 1. The fourth-order valence-corrected chi connectivity index (χ4v) is 7.35. The average molecular weight is 498 g/mol. The van der Waals surface area contributed by atoms with E-state index in [9.17, 15) is 9.90 Å². The molecule has 2 heterocycles. The highest BCUT2D eigenvalue weighted by atomic mass is 16.6. The lowest BCUT2D eigenvalue weighted by Gasteiger charge is -2.61. The quantitative estimate of drug-likeness (QED) is 0.307. The number of hydrogen-bond donors (Lipinski definition) is 1. The fraction of sp³-hybridized carbons (Fsp3) is 0.700. The van der Waals surface area contributed by atoms with Crippen LogP contribution in [-0.2, 0) is 21.4 Å². The van der Waals surface area contributed by atoms with Gasteiger partial charge in [-0.3, -0.25) is 4.79 Å². The van der Waals surface area contributed by atoms with Crippen LogP contribution in [0.2, 0.25) is 0 Å². The molecule has 6 nitrogen and oxygen atoms in total. The van der Waals surface area contributed by atoms with Crippen molar-refractivity contribution < 1.29 is 24.1 Å². The molecule has 2 bridgehead atoms. The van der Waals surface area contributed by atoms with Crippen LogP contribution in [0.4, 0.5) is 0 Å². The number of piperidine rings is 1. The van der Waals surface area contributed by atoms with E-state index in [1.807, 2.05) is 12.1 Å². The molecule has 1 saturated heterocycles. The van der Waals surface area contributed by atoms with Crippen molar-refractivity contribution in [3.63, 3.8) is 0 Å². The zero-order valence-corrected chi connectivity index (χ0v) is 22.3. The van der Waals surface area contributed by atoms with Gasteiger partial charge >= 0.3 is 5.97 Å². The van der Waals surface area contributed by atoms with E-state index in [4.69, 9.17) is 14.2 Å². The summed E-state index contributed by atoms with van der Waals surface area (Å²) in [6, 6.07) is 4.08. The number of likely N-dealkylation sites (tertiary alicyclic amines) is 1. The van der Waals surface area contributed by atoms with Crippen molar-refractivity contribution in [3.05, 3.63) is 35.1 Å². The molecule has 4 aliphatic rings. The summed E-state index contributed by atoms with van der Waals surface area (Å²) in [5, 5.41) is 12.2. The molecule has 0 aromatic heterocycles. The first-order valence-corrected chi connectivity index (χ1v) is 14.2. The second-order valence-electron chi connectivity index (χ2n) is 11.3. The summed E-state index contributed by atoms with van der Waals surface area (Å²) in [6.07, 6.45) is 14.7. The minimum absolute atomic E-state index is 0.000306. The lowest BCUT2D eigenvalue weighted by molar-refractivity contribution is -0.169. The third kappa shape index (κ3) is 4.05. The van der Waals surface area contributed by atoms with Crippen LogP contribution in [0, 0.1) is 0 Å². The van der Waals surface area contributed by atoms with E-state index in [-0.39, 0.29) is 12.0 Å². The predicted molar refractivity (Wildman–Crippen MR) is 139 cm³/mol. The zero-order chi connectivity index (χ0) is 25.3. The molecule has 4 atom stereocenters. The van der Waals surface area contributed by atoms with E-state index in [0.29, 0.717) is 30.1 Å². The van der Waals surface area contributed by atoms with Gasteiger partial charge in [0, 0.05) is 24.4 Å². The van der Waals surface area contributed by atoms with Gasteiger partial charge in [-0.05, 0) is 50.6 Å². The van der Waals surface area contributed by atoms with Crippen LogP contribution >= 0.6 is 0 Å². The third-order valence-electron chi connectivity index (χ3n) is 9.27. The Bertz CT molecular complexity index is 1010. The Balaban J connectivity index is 1.27. The normalized spacial score (nSPS) is 29.8. The molecule has 36 heavy (non-hydrogen) atoms. The number of unbranched alkanes of at least 4 members (excludes halogenated alkanes) is 8. The number of likely N-dealkylation sites (N-methyl/N-ethyl adjacent to an activating group) is 1. The van der Waals surface area contributed by atoms with Crippen LogP contribution in [0.3, 0.4) is 0 Å². The van der Waals surface area contributed by atoms with E-state index in [1.165, 1.54) is 50.5 Å². The largest absolute Gasteiger partial charge is 0.493 e. The number of methoxy groups -OCH3 is 1. The predicted octanol–water partition coefficient (Wildman–Crippen LogP) is 5.44. The maximum atomic E-state index is 12.9. The highest BCUT2D eigenvalue weighted by Gasteiger charge is 2.72. The van der Waals surface area contributed by atoms with E-state index in [1.54, 1.807) is 7.11 Å². The van der Waals surface area contributed by atoms with Crippen LogP contribution in [-0.4, -0.2) is 54.4 Å². The van der Waals surface area contributed by atoms with Gasteiger partial charge in [-0.25, -0.2) is 0 Å². The maximum absolute atomic E-state index is 12.9. The van der Waals surface area contributed by atoms with Crippen molar-refractivity contribution in [2.75, 3.05) is 20.7 Å². The van der Waals surface area contributed by atoms with Crippen molar-refractivity contribution in [2.24, 2.45) is 0 Å². The zero-order valence-electron chi connectivity index (χ0n) is 22.3. The Morgan fingerprint density at radius 2 is 1.86 bits per heavy atom. The molecule has 2 aliphatic heterocycles. The SMILES string of the molecule is CCCCCCCCCCCC(=O)OC1=CC[C@@]2(O)[C@H]3Cc4ccc(OC)c5c4[C@@]2(CCN3C)C1O5. The van der Waals surface area contributed by atoms with Crippen molar-refractivity contribution in [2.45, 2.75) is 114 Å². The summed E-state index contributed by atoms with van der Waals surface area (Å²) < 4.78 is 18.2. The number of aliphatic hydroxyl groups is 1. The Morgan fingerprint density at radius 3 is 2.58 bits per heavy atom. The van der Waals surface area contributed by atoms with Gasteiger partial charge in [0.1, 0.15) is 5.76 Å².